The number of fused-ring (bicyclic) bond motifs is 2. The molecule has 5 rings (SSSR count). The molecule has 3 aromatic rings. The summed E-state index contributed by atoms with van der Waals surface area (Å²) in [5.74, 6) is 1.54. The van der Waals surface area contributed by atoms with Gasteiger partial charge in [-0.15, -0.1) is 0 Å². The van der Waals surface area contributed by atoms with E-state index in [2.05, 4.69) is 84.9 Å². The highest BCUT2D eigenvalue weighted by atomic mass is 16.3. The average Bonchev–Trinajstić information content (AvgIpc) is 2.75. The van der Waals surface area contributed by atoms with Gasteiger partial charge in [0.2, 0.25) is 0 Å². The summed E-state index contributed by atoms with van der Waals surface area (Å²) in [6.45, 7) is 0. The van der Waals surface area contributed by atoms with Crippen LogP contribution in [-0.2, 0) is 5.60 Å². The summed E-state index contributed by atoms with van der Waals surface area (Å²) in [5.41, 5.74) is 3.19. The van der Waals surface area contributed by atoms with Gasteiger partial charge in [-0.1, -0.05) is 91.0 Å². The number of aliphatic hydroxyl groups is 1. The predicted octanol–water partition coefficient (Wildman–Crippen LogP) is 5.75. The van der Waals surface area contributed by atoms with E-state index < -0.39 is 5.60 Å². The van der Waals surface area contributed by atoms with E-state index in [0.717, 1.165) is 18.4 Å². The Kier molecular flexibility index (Phi) is 4.13. The quantitative estimate of drug-likeness (QED) is 0.632. The topological polar surface area (TPSA) is 20.2 Å². The molecule has 0 amide bonds. The van der Waals surface area contributed by atoms with Crippen LogP contribution in [0, 0.1) is 17.8 Å². The lowest BCUT2D eigenvalue weighted by atomic mass is 9.46. The molecule has 1 N–H and O–H groups in total. The van der Waals surface area contributed by atoms with Crippen LogP contribution in [0.5, 0.6) is 0 Å². The molecule has 4 atom stereocenters. The summed E-state index contributed by atoms with van der Waals surface area (Å²) in [4.78, 5) is 0. The predicted molar refractivity (Wildman–Crippen MR) is 109 cm³/mol. The average molecular weight is 354 g/mol. The molecule has 2 saturated carbocycles. The van der Waals surface area contributed by atoms with E-state index >= 15 is 0 Å². The van der Waals surface area contributed by atoms with Crippen molar-refractivity contribution in [1.82, 2.24) is 0 Å². The van der Waals surface area contributed by atoms with Gasteiger partial charge in [-0.2, -0.15) is 0 Å². The van der Waals surface area contributed by atoms with Crippen molar-refractivity contribution in [2.75, 3.05) is 0 Å². The zero-order valence-electron chi connectivity index (χ0n) is 15.5. The highest BCUT2D eigenvalue weighted by Crippen LogP contribution is 2.64. The molecule has 2 aliphatic rings. The Balaban J connectivity index is 1.57. The second-order valence-electron chi connectivity index (χ2n) is 8.27. The number of hydrogen-bond acceptors (Lipinski definition) is 1. The highest BCUT2D eigenvalue weighted by molar-refractivity contribution is 5.37. The van der Waals surface area contributed by atoms with E-state index in [0.29, 0.717) is 23.7 Å². The fourth-order valence-corrected chi connectivity index (χ4v) is 5.80. The maximum absolute atomic E-state index is 11.8. The minimum Gasteiger partial charge on any atom is -0.385 e. The lowest BCUT2D eigenvalue weighted by molar-refractivity contribution is -0.211. The minimum absolute atomic E-state index is 0.323. The van der Waals surface area contributed by atoms with Crippen molar-refractivity contribution in [2.24, 2.45) is 17.8 Å². The van der Waals surface area contributed by atoms with Gasteiger partial charge in [0.25, 0.3) is 0 Å². The van der Waals surface area contributed by atoms with Crippen LogP contribution in [0.4, 0.5) is 0 Å². The van der Waals surface area contributed by atoms with Crippen LogP contribution in [-0.4, -0.2) is 5.11 Å². The van der Waals surface area contributed by atoms with Gasteiger partial charge in [0.1, 0.15) is 0 Å². The molecule has 2 aliphatic carbocycles. The van der Waals surface area contributed by atoms with Gasteiger partial charge in [-0.25, -0.2) is 0 Å². The molecule has 136 valence electrons. The van der Waals surface area contributed by atoms with Crippen molar-refractivity contribution in [3.05, 3.63) is 108 Å². The van der Waals surface area contributed by atoms with E-state index in [-0.39, 0.29) is 0 Å². The van der Waals surface area contributed by atoms with Crippen LogP contribution in [0.3, 0.4) is 0 Å². The third-order valence-corrected chi connectivity index (χ3v) is 7.07. The van der Waals surface area contributed by atoms with Gasteiger partial charge in [0.15, 0.2) is 0 Å². The maximum atomic E-state index is 11.8. The summed E-state index contributed by atoms with van der Waals surface area (Å²) in [6, 6.07) is 32.1. The summed E-state index contributed by atoms with van der Waals surface area (Å²) < 4.78 is 0. The zero-order valence-corrected chi connectivity index (χ0v) is 15.5. The van der Waals surface area contributed by atoms with Crippen molar-refractivity contribution >= 4 is 0 Å². The molecule has 27 heavy (non-hydrogen) atoms. The summed E-state index contributed by atoms with van der Waals surface area (Å²) in [5, 5.41) is 11.8. The molecule has 2 fully saturated rings. The molecule has 0 aliphatic heterocycles. The van der Waals surface area contributed by atoms with Gasteiger partial charge in [-0.05, 0) is 53.7 Å². The molecule has 1 heteroatoms. The standard InChI is InChI=1S/C26H26O/c27-26(21-14-8-3-9-15-21)22-16-17-23(24(26)18-22)25(19-10-4-1-5-11-19)20-12-6-2-7-13-20/h1-15,22-25,27H,16-18H2. The molecule has 0 heterocycles. The van der Waals surface area contributed by atoms with Gasteiger partial charge >= 0.3 is 0 Å². The largest absolute Gasteiger partial charge is 0.385 e. The van der Waals surface area contributed by atoms with Crippen molar-refractivity contribution in [2.45, 2.75) is 30.8 Å². The van der Waals surface area contributed by atoms with Crippen molar-refractivity contribution in [1.29, 1.82) is 0 Å². The highest BCUT2D eigenvalue weighted by Gasteiger charge is 2.61. The minimum atomic E-state index is -0.661. The Bertz CT molecular complexity index is 848. The smallest absolute Gasteiger partial charge is 0.0955 e. The molecule has 2 bridgehead atoms. The summed E-state index contributed by atoms with van der Waals surface area (Å²) in [7, 11) is 0. The van der Waals surface area contributed by atoms with Crippen LogP contribution in [0.25, 0.3) is 0 Å². The molecule has 0 radical (unpaired) electrons. The zero-order chi connectivity index (χ0) is 18.3. The normalized spacial score (nSPS) is 29.3. The first-order chi connectivity index (χ1) is 13.3. The Labute approximate surface area is 161 Å². The van der Waals surface area contributed by atoms with Crippen LogP contribution in [0.15, 0.2) is 91.0 Å². The molecule has 0 saturated heterocycles. The Morgan fingerprint density at radius 2 is 1.22 bits per heavy atom. The van der Waals surface area contributed by atoms with E-state index in [1.807, 2.05) is 6.07 Å². The Hall–Kier alpha value is -2.38. The molecular formula is C26H26O. The number of hydrogen-bond donors (Lipinski definition) is 1. The molecule has 4 unspecified atom stereocenters. The fourth-order valence-electron chi connectivity index (χ4n) is 5.80. The van der Waals surface area contributed by atoms with Crippen LogP contribution >= 0.6 is 0 Å². The fraction of sp³-hybridized carbons (Fsp3) is 0.308. The second-order valence-corrected chi connectivity index (χ2v) is 8.27. The second kappa shape index (κ2) is 6.65. The molecule has 3 aromatic carbocycles. The van der Waals surface area contributed by atoms with E-state index in [1.54, 1.807) is 0 Å². The first-order valence-electron chi connectivity index (χ1n) is 10.2. The van der Waals surface area contributed by atoms with E-state index in [9.17, 15) is 5.11 Å². The maximum Gasteiger partial charge on any atom is 0.0955 e. The molecule has 0 spiro atoms. The molecule has 0 aromatic heterocycles. The van der Waals surface area contributed by atoms with E-state index in [4.69, 9.17) is 0 Å². The van der Waals surface area contributed by atoms with Crippen molar-refractivity contribution in [3.63, 3.8) is 0 Å². The van der Waals surface area contributed by atoms with Crippen molar-refractivity contribution < 1.29 is 5.11 Å². The van der Waals surface area contributed by atoms with Gasteiger partial charge < -0.3 is 5.11 Å². The van der Waals surface area contributed by atoms with Gasteiger partial charge in [0.05, 0.1) is 5.60 Å². The Morgan fingerprint density at radius 1 is 0.704 bits per heavy atom. The number of benzene rings is 3. The summed E-state index contributed by atoms with van der Waals surface area (Å²) in [6.07, 6.45) is 3.45. The lowest BCUT2D eigenvalue weighted by Crippen LogP contribution is -2.59. The Morgan fingerprint density at radius 3 is 1.74 bits per heavy atom. The van der Waals surface area contributed by atoms with Gasteiger partial charge in [0, 0.05) is 5.92 Å². The summed E-state index contributed by atoms with van der Waals surface area (Å²) >= 11 is 0. The SMILES string of the molecule is OC1(c2ccccc2)C2CCC(C(c3ccccc3)c3ccccc3)C1C2. The van der Waals surface area contributed by atoms with Crippen LogP contribution in [0.1, 0.15) is 41.9 Å². The first-order valence-corrected chi connectivity index (χ1v) is 10.2. The van der Waals surface area contributed by atoms with Crippen LogP contribution in [0.2, 0.25) is 0 Å². The number of rotatable bonds is 4. The third kappa shape index (κ3) is 2.64. The van der Waals surface area contributed by atoms with E-state index in [1.165, 1.54) is 17.5 Å². The lowest BCUT2D eigenvalue weighted by Gasteiger charge is -2.61. The van der Waals surface area contributed by atoms with Gasteiger partial charge in [-0.3, -0.25) is 0 Å². The molecule has 1 nitrogen and oxygen atoms in total. The monoisotopic (exact) mass is 354 g/mol. The molecular weight excluding hydrogens is 328 g/mol. The van der Waals surface area contributed by atoms with Crippen molar-refractivity contribution in [3.8, 4) is 0 Å². The van der Waals surface area contributed by atoms with Crippen LogP contribution < -0.4 is 0 Å². The third-order valence-electron chi connectivity index (χ3n) is 7.07. The first kappa shape index (κ1) is 16.8.